The van der Waals surface area contributed by atoms with Crippen molar-refractivity contribution in [2.45, 2.75) is 6.10 Å². The van der Waals surface area contributed by atoms with E-state index in [1.54, 1.807) is 15.9 Å². The maximum absolute atomic E-state index is 6.01. The Hall–Kier alpha value is -2.45. The number of fused-ring (bicyclic) bond motifs is 2. The Labute approximate surface area is 138 Å². The normalized spacial score (nSPS) is 16.8. The van der Waals surface area contributed by atoms with Gasteiger partial charge in [0.2, 0.25) is 4.96 Å². The van der Waals surface area contributed by atoms with Crippen LogP contribution in [0.5, 0.6) is 11.5 Å². The molecule has 1 unspecified atom stereocenters. The van der Waals surface area contributed by atoms with Crippen molar-refractivity contribution in [1.29, 1.82) is 0 Å². The van der Waals surface area contributed by atoms with Gasteiger partial charge in [0.15, 0.2) is 28.4 Å². The average molecular weight is 342 g/mol. The fraction of sp³-hybridized carbons (Fsp3) is 0.133. The Balaban J connectivity index is 1.52. The van der Waals surface area contributed by atoms with Crippen LogP contribution < -0.4 is 9.47 Å². The molecule has 0 saturated carbocycles. The van der Waals surface area contributed by atoms with Crippen molar-refractivity contribution in [2.24, 2.45) is 0 Å². The van der Waals surface area contributed by atoms with Crippen molar-refractivity contribution in [3.8, 4) is 22.2 Å². The highest BCUT2D eigenvalue weighted by molar-refractivity contribution is 7.16. The van der Waals surface area contributed by atoms with Crippen LogP contribution in [0.15, 0.2) is 41.8 Å². The lowest BCUT2D eigenvalue weighted by molar-refractivity contribution is 0.0904. The molecule has 23 heavy (non-hydrogen) atoms. The van der Waals surface area contributed by atoms with E-state index in [0.717, 1.165) is 32.2 Å². The minimum atomic E-state index is -0.229. The summed E-state index contributed by atoms with van der Waals surface area (Å²) in [5.74, 6) is 2.27. The molecule has 1 aliphatic rings. The second kappa shape index (κ2) is 5.04. The van der Waals surface area contributed by atoms with Crippen molar-refractivity contribution >= 4 is 27.6 Å². The molecule has 8 heteroatoms. The summed E-state index contributed by atoms with van der Waals surface area (Å²) < 4.78 is 13.5. The second-order valence-corrected chi connectivity index (χ2v) is 6.94. The first kappa shape index (κ1) is 13.0. The molecule has 0 saturated heterocycles. The van der Waals surface area contributed by atoms with Crippen LogP contribution in [0.25, 0.3) is 15.7 Å². The van der Waals surface area contributed by atoms with Gasteiger partial charge in [-0.15, -0.1) is 21.5 Å². The Morgan fingerprint density at radius 3 is 2.87 bits per heavy atom. The van der Waals surface area contributed by atoms with E-state index >= 15 is 0 Å². The minimum Gasteiger partial charge on any atom is -0.485 e. The molecule has 114 valence electrons. The summed E-state index contributed by atoms with van der Waals surface area (Å²) >= 11 is 3.09. The molecule has 0 amide bonds. The predicted molar refractivity (Wildman–Crippen MR) is 87.3 cm³/mol. The van der Waals surface area contributed by atoms with Crippen LogP contribution in [-0.2, 0) is 0 Å². The first-order valence-electron chi connectivity index (χ1n) is 7.03. The number of aromatic nitrogens is 4. The van der Waals surface area contributed by atoms with Crippen LogP contribution in [0.2, 0.25) is 0 Å². The SMILES string of the molecule is c1csc(-c2nnc3sc(C4COc5ccccc5O4)nn23)c1. The van der Waals surface area contributed by atoms with E-state index in [2.05, 4.69) is 15.3 Å². The molecule has 6 nitrogen and oxygen atoms in total. The van der Waals surface area contributed by atoms with E-state index in [4.69, 9.17) is 9.47 Å². The van der Waals surface area contributed by atoms with Crippen LogP contribution in [0.4, 0.5) is 0 Å². The smallest absolute Gasteiger partial charge is 0.235 e. The van der Waals surface area contributed by atoms with Gasteiger partial charge in [-0.05, 0) is 23.6 Å². The van der Waals surface area contributed by atoms with E-state index < -0.39 is 0 Å². The lowest BCUT2D eigenvalue weighted by atomic mass is 10.3. The number of thiophene rings is 1. The third-order valence-electron chi connectivity index (χ3n) is 3.53. The monoisotopic (exact) mass is 342 g/mol. The quantitative estimate of drug-likeness (QED) is 0.558. The van der Waals surface area contributed by atoms with Crippen LogP contribution in [0.1, 0.15) is 11.1 Å². The largest absolute Gasteiger partial charge is 0.485 e. The van der Waals surface area contributed by atoms with E-state index in [0.29, 0.717) is 6.61 Å². The van der Waals surface area contributed by atoms with Crippen LogP contribution in [0.3, 0.4) is 0 Å². The first-order chi connectivity index (χ1) is 11.4. The van der Waals surface area contributed by atoms with Crippen molar-refractivity contribution in [1.82, 2.24) is 19.8 Å². The van der Waals surface area contributed by atoms with Crippen LogP contribution in [-0.4, -0.2) is 26.4 Å². The Kier molecular flexibility index (Phi) is 2.85. The van der Waals surface area contributed by atoms with Gasteiger partial charge in [0.25, 0.3) is 0 Å². The second-order valence-electron chi connectivity index (χ2n) is 5.00. The molecular weight excluding hydrogens is 332 g/mol. The van der Waals surface area contributed by atoms with Gasteiger partial charge in [0.1, 0.15) is 6.61 Å². The highest BCUT2D eigenvalue weighted by Crippen LogP contribution is 2.37. The average Bonchev–Trinajstić information content (AvgIpc) is 3.30. The number of benzene rings is 1. The molecule has 1 aromatic carbocycles. The topological polar surface area (TPSA) is 61.5 Å². The van der Waals surface area contributed by atoms with Crippen molar-refractivity contribution in [3.63, 3.8) is 0 Å². The molecule has 3 aromatic heterocycles. The van der Waals surface area contributed by atoms with Gasteiger partial charge in [0, 0.05) is 0 Å². The third-order valence-corrected chi connectivity index (χ3v) is 5.39. The molecular formula is C15H10N4O2S2. The predicted octanol–water partition coefficient (Wildman–Crippen LogP) is 3.43. The molecule has 1 atom stereocenters. The van der Waals surface area contributed by atoms with Gasteiger partial charge < -0.3 is 9.47 Å². The van der Waals surface area contributed by atoms with Crippen molar-refractivity contribution in [2.75, 3.05) is 6.61 Å². The lowest BCUT2D eigenvalue weighted by Crippen LogP contribution is -2.21. The molecule has 0 N–H and O–H groups in total. The van der Waals surface area contributed by atoms with Crippen molar-refractivity contribution < 1.29 is 9.47 Å². The fourth-order valence-electron chi connectivity index (χ4n) is 2.46. The maximum atomic E-state index is 6.01. The summed E-state index contributed by atoms with van der Waals surface area (Å²) in [5.41, 5.74) is 0. The van der Waals surface area contributed by atoms with Gasteiger partial charge in [-0.3, -0.25) is 0 Å². The number of hydrogen-bond acceptors (Lipinski definition) is 7. The Bertz CT molecular complexity index is 977. The summed E-state index contributed by atoms with van der Waals surface area (Å²) in [6.07, 6.45) is -0.229. The van der Waals surface area contributed by atoms with Crippen LogP contribution in [0, 0.1) is 0 Å². The standard InChI is InChI=1S/C15H10N4O2S2/c1-2-5-10-9(4-1)20-8-11(21-10)14-18-19-13(12-6-3-7-22-12)16-17-15(19)23-14/h1-7,11H,8H2. The molecule has 0 bridgehead atoms. The molecule has 4 aromatic rings. The van der Waals surface area contributed by atoms with E-state index in [-0.39, 0.29) is 6.10 Å². The van der Waals surface area contributed by atoms with Gasteiger partial charge >= 0.3 is 0 Å². The van der Waals surface area contributed by atoms with Crippen molar-refractivity contribution in [3.05, 3.63) is 46.8 Å². The van der Waals surface area contributed by atoms with Crippen LogP contribution >= 0.6 is 22.7 Å². The summed E-state index contributed by atoms with van der Waals surface area (Å²) in [6, 6.07) is 11.7. The number of para-hydroxylation sites is 2. The summed E-state index contributed by atoms with van der Waals surface area (Å²) in [6.45, 7) is 0.440. The highest BCUT2D eigenvalue weighted by Gasteiger charge is 2.27. The Morgan fingerprint density at radius 2 is 2.00 bits per heavy atom. The van der Waals surface area contributed by atoms with Gasteiger partial charge in [-0.25, -0.2) is 0 Å². The summed E-state index contributed by atoms with van der Waals surface area (Å²) in [7, 11) is 0. The number of nitrogens with zero attached hydrogens (tertiary/aromatic N) is 4. The third kappa shape index (κ3) is 2.10. The zero-order valence-corrected chi connectivity index (χ0v) is 13.4. The maximum Gasteiger partial charge on any atom is 0.235 e. The first-order valence-corrected chi connectivity index (χ1v) is 8.72. The molecule has 0 fully saturated rings. The molecule has 4 heterocycles. The Morgan fingerprint density at radius 1 is 1.09 bits per heavy atom. The molecule has 0 aliphatic carbocycles. The molecule has 0 spiro atoms. The van der Waals surface area contributed by atoms with Gasteiger partial charge in [0.05, 0.1) is 4.88 Å². The number of ether oxygens (including phenoxy) is 2. The fourth-order valence-corrected chi connectivity index (χ4v) is 4.01. The summed E-state index contributed by atoms with van der Waals surface area (Å²) in [4.78, 5) is 1.80. The van der Waals surface area contributed by atoms with E-state index in [9.17, 15) is 0 Å². The van der Waals surface area contributed by atoms with E-state index in [1.165, 1.54) is 11.3 Å². The van der Waals surface area contributed by atoms with Gasteiger partial charge in [-0.1, -0.05) is 29.5 Å². The number of rotatable bonds is 2. The number of hydrogen-bond donors (Lipinski definition) is 0. The highest BCUT2D eigenvalue weighted by atomic mass is 32.1. The zero-order chi connectivity index (χ0) is 15.2. The lowest BCUT2D eigenvalue weighted by Gasteiger charge is -2.24. The van der Waals surface area contributed by atoms with Gasteiger partial charge in [-0.2, -0.15) is 9.61 Å². The molecule has 1 aliphatic heterocycles. The molecule has 5 rings (SSSR count). The minimum absolute atomic E-state index is 0.229. The molecule has 0 radical (unpaired) electrons. The zero-order valence-electron chi connectivity index (χ0n) is 11.7. The van der Waals surface area contributed by atoms with E-state index in [1.807, 2.05) is 41.8 Å². The summed E-state index contributed by atoms with van der Waals surface area (Å²) in [5, 5.41) is 15.9.